The molecule has 2 aliphatic heterocycles. The first-order valence-electron chi connectivity index (χ1n) is 16.5. The lowest BCUT2D eigenvalue weighted by molar-refractivity contribution is 0.0774. The van der Waals surface area contributed by atoms with Gasteiger partial charge in [-0.1, -0.05) is 72.8 Å². The molecule has 0 spiro atoms. The zero-order valence-electron chi connectivity index (χ0n) is 26.6. The Balaban J connectivity index is 1.04. The van der Waals surface area contributed by atoms with Crippen molar-refractivity contribution in [3.63, 3.8) is 0 Å². The number of hydrogen-bond acceptors (Lipinski definition) is 4. The minimum atomic E-state index is 0.0165. The molecular weight excluding hydrogens is 582 g/mol. The molecular formula is C41H37N3O3. The number of aliphatic imine (C=N–C) groups is 1. The second kappa shape index (κ2) is 12.4. The third kappa shape index (κ3) is 5.44. The SMILES string of the molecule is COc1cc2c(cc1OCCCCn1c3ccc(-c4ccccc4)cc3c3cc(-c4ccccc4)ccc31)N=C[C@@H]1CCCN1C2=O. The third-order valence-corrected chi connectivity index (χ3v) is 9.57. The van der Waals surface area contributed by atoms with Gasteiger partial charge < -0.3 is 18.9 Å². The fraction of sp³-hybridized carbons (Fsp3) is 0.220. The van der Waals surface area contributed by atoms with Gasteiger partial charge in [-0.15, -0.1) is 0 Å². The van der Waals surface area contributed by atoms with Crippen molar-refractivity contribution in [3.8, 4) is 33.8 Å². The maximum absolute atomic E-state index is 13.2. The van der Waals surface area contributed by atoms with Gasteiger partial charge in [0.25, 0.3) is 5.91 Å². The molecule has 6 nitrogen and oxygen atoms in total. The Morgan fingerprint density at radius 3 is 2.04 bits per heavy atom. The van der Waals surface area contributed by atoms with E-state index in [4.69, 9.17) is 9.47 Å². The van der Waals surface area contributed by atoms with E-state index in [1.165, 1.54) is 44.1 Å². The van der Waals surface area contributed by atoms with Crippen molar-refractivity contribution in [3.05, 3.63) is 115 Å². The van der Waals surface area contributed by atoms with E-state index in [-0.39, 0.29) is 11.9 Å². The number of hydrogen-bond donors (Lipinski definition) is 0. The number of fused-ring (bicyclic) bond motifs is 5. The van der Waals surface area contributed by atoms with Crippen LogP contribution in [-0.4, -0.2) is 47.9 Å². The minimum absolute atomic E-state index is 0.0165. The molecule has 0 unspecified atom stereocenters. The number of ether oxygens (including phenoxy) is 2. The average molecular weight is 620 g/mol. The monoisotopic (exact) mass is 619 g/mol. The lowest BCUT2D eigenvalue weighted by atomic mass is 10.0. The summed E-state index contributed by atoms with van der Waals surface area (Å²) in [5, 5.41) is 2.53. The highest BCUT2D eigenvalue weighted by molar-refractivity contribution is 6.10. The van der Waals surface area contributed by atoms with Gasteiger partial charge in [-0.25, -0.2) is 0 Å². The van der Waals surface area contributed by atoms with E-state index >= 15 is 0 Å². The predicted molar refractivity (Wildman–Crippen MR) is 190 cm³/mol. The van der Waals surface area contributed by atoms with Gasteiger partial charge in [-0.2, -0.15) is 0 Å². The zero-order valence-corrected chi connectivity index (χ0v) is 26.6. The van der Waals surface area contributed by atoms with Crippen LogP contribution >= 0.6 is 0 Å². The second-order valence-electron chi connectivity index (χ2n) is 12.4. The lowest BCUT2D eigenvalue weighted by Crippen LogP contribution is -2.35. The number of methoxy groups -OCH3 is 1. The number of rotatable bonds is 9. The standard InChI is InChI=1S/C41H37N3O3/c1-46-39-25-35-36(42-27-32-15-10-21-43(32)41(35)45)26-40(39)47-22-9-8-20-44-37-18-16-30(28-11-4-2-5-12-28)23-33(37)34-24-31(17-19-38(34)44)29-13-6-3-7-14-29/h2-7,11-14,16-19,23-27,32H,8-10,15,20-22H2,1H3/t32-/m0/s1. The van der Waals surface area contributed by atoms with E-state index in [0.717, 1.165) is 38.8 Å². The van der Waals surface area contributed by atoms with Crippen LogP contribution < -0.4 is 9.47 Å². The van der Waals surface area contributed by atoms with Crippen LogP contribution in [0.3, 0.4) is 0 Å². The normalized spacial score (nSPS) is 15.6. The van der Waals surface area contributed by atoms with E-state index in [9.17, 15) is 4.79 Å². The highest BCUT2D eigenvalue weighted by Crippen LogP contribution is 2.39. The van der Waals surface area contributed by atoms with Crippen LogP contribution in [0.5, 0.6) is 11.5 Å². The lowest BCUT2D eigenvalue weighted by Gasteiger charge is -2.20. The van der Waals surface area contributed by atoms with Crippen molar-refractivity contribution in [2.45, 2.75) is 38.3 Å². The summed E-state index contributed by atoms with van der Waals surface area (Å²) < 4.78 is 14.4. The van der Waals surface area contributed by atoms with Gasteiger partial charge in [0.1, 0.15) is 0 Å². The number of carbonyl (C=O) groups is 1. The number of amides is 1. The number of unbranched alkanes of at least 4 members (excludes halogenated alkanes) is 1. The first-order chi connectivity index (χ1) is 23.2. The fourth-order valence-electron chi connectivity index (χ4n) is 7.14. The van der Waals surface area contributed by atoms with Crippen molar-refractivity contribution in [1.82, 2.24) is 9.47 Å². The number of aryl methyl sites for hydroxylation is 1. The van der Waals surface area contributed by atoms with Crippen LogP contribution in [0.1, 0.15) is 36.0 Å². The first kappa shape index (κ1) is 29.1. The quantitative estimate of drug-likeness (QED) is 0.152. The van der Waals surface area contributed by atoms with E-state index < -0.39 is 0 Å². The van der Waals surface area contributed by atoms with Gasteiger partial charge in [0.05, 0.1) is 31.0 Å². The Bertz CT molecular complexity index is 2020. The molecule has 3 heterocycles. The van der Waals surface area contributed by atoms with Crippen molar-refractivity contribution in [2.75, 3.05) is 20.3 Å². The molecule has 1 atom stereocenters. The van der Waals surface area contributed by atoms with Crippen molar-refractivity contribution >= 4 is 39.6 Å². The average Bonchev–Trinajstić information content (AvgIpc) is 3.69. The molecule has 47 heavy (non-hydrogen) atoms. The first-order valence-corrected chi connectivity index (χ1v) is 16.5. The van der Waals surface area contributed by atoms with Gasteiger partial charge in [-0.3, -0.25) is 9.79 Å². The molecule has 0 radical (unpaired) electrons. The minimum Gasteiger partial charge on any atom is -0.493 e. The van der Waals surface area contributed by atoms with Gasteiger partial charge in [-0.05, 0) is 78.3 Å². The van der Waals surface area contributed by atoms with Crippen molar-refractivity contribution in [1.29, 1.82) is 0 Å². The molecule has 0 bridgehead atoms. The summed E-state index contributed by atoms with van der Waals surface area (Å²) in [6, 6.07) is 38.5. The largest absolute Gasteiger partial charge is 0.493 e. The topological polar surface area (TPSA) is 56.1 Å². The molecule has 1 amide bonds. The van der Waals surface area contributed by atoms with E-state index in [2.05, 4.69) is 107 Å². The highest BCUT2D eigenvalue weighted by Gasteiger charge is 2.32. The Labute approximate surface area is 274 Å². The molecule has 6 aromatic rings. The van der Waals surface area contributed by atoms with Crippen LogP contribution in [0, 0.1) is 0 Å². The van der Waals surface area contributed by atoms with Gasteiger partial charge in [0.2, 0.25) is 0 Å². The summed E-state index contributed by atoms with van der Waals surface area (Å²) in [7, 11) is 1.62. The van der Waals surface area contributed by atoms with Crippen LogP contribution in [0.15, 0.2) is 114 Å². The number of nitrogens with zero attached hydrogens (tertiary/aromatic N) is 3. The third-order valence-electron chi connectivity index (χ3n) is 9.57. The van der Waals surface area contributed by atoms with Gasteiger partial charge >= 0.3 is 0 Å². The van der Waals surface area contributed by atoms with Crippen LogP contribution in [-0.2, 0) is 6.54 Å². The molecule has 1 aromatic heterocycles. The van der Waals surface area contributed by atoms with Crippen molar-refractivity contribution in [2.24, 2.45) is 4.99 Å². The Kier molecular flexibility index (Phi) is 7.70. The molecule has 0 aliphatic carbocycles. The highest BCUT2D eigenvalue weighted by atomic mass is 16.5. The molecule has 0 N–H and O–H groups in total. The Hall–Kier alpha value is -5.36. The Morgan fingerprint density at radius 2 is 1.40 bits per heavy atom. The van der Waals surface area contributed by atoms with Gasteiger partial charge in [0.15, 0.2) is 11.5 Å². The number of carbonyl (C=O) groups excluding carboxylic acids is 1. The maximum Gasteiger partial charge on any atom is 0.256 e. The smallest absolute Gasteiger partial charge is 0.256 e. The molecule has 8 rings (SSSR count). The maximum atomic E-state index is 13.2. The summed E-state index contributed by atoms with van der Waals surface area (Å²) in [5.41, 5.74) is 8.57. The molecule has 1 fully saturated rings. The van der Waals surface area contributed by atoms with Crippen LogP contribution in [0.4, 0.5) is 5.69 Å². The molecule has 234 valence electrons. The number of aromatic nitrogens is 1. The zero-order chi connectivity index (χ0) is 31.7. The van der Waals surface area contributed by atoms with Crippen LogP contribution in [0.25, 0.3) is 44.1 Å². The van der Waals surface area contributed by atoms with E-state index in [1.807, 2.05) is 17.2 Å². The Morgan fingerprint density at radius 1 is 0.745 bits per heavy atom. The molecule has 0 saturated carbocycles. The summed E-state index contributed by atoms with van der Waals surface area (Å²) in [4.78, 5) is 19.8. The summed E-state index contributed by atoms with van der Waals surface area (Å²) >= 11 is 0. The molecule has 1 saturated heterocycles. The van der Waals surface area contributed by atoms with Crippen LogP contribution in [0.2, 0.25) is 0 Å². The predicted octanol–water partition coefficient (Wildman–Crippen LogP) is 9.32. The molecule has 6 heteroatoms. The second-order valence-corrected chi connectivity index (χ2v) is 12.4. The van der Waals surface area contributed by atoms with Crippen molar-refractivity contribution < 1.29 is 14.3 Å². The molecule has 2 aliphatic rings. The summed E-state index contributed by atoms with van der Waals surface area (Å²) in [6.07, 6.45) is 5.68. The van der Waals surface area contributed by atoms with E-state index in [1.54, 1.807) is 13.2 Å². The summed E-state index contributed by atoms with van der Waals surface area (Å²) in [5.74, 6) is 1.20. The fourth-order valence-corrected chi connectivity index (χ4v) is 7.14. The number of benzene rings is 5. The van der Waals surface area contributed by atoms with Gasteiger partial charge in [0, 0.05) is 47.2 Å². The van der Waals surface area contributed by atoms with E-state index in [0.29, 0.717) is 29.4 Å². The molecule has 5 aromatic carbocycles. The summed E-state index contributed by atoms with van der Waals surface area (Å²) in [6.45, 7) is 2.18.